The van der Waals surface area contributed by atoms with Crippen LogP contribution in [0.4, 0.5) is 4.79 Å². The van der Waals surface area contributed by atoms with E-state index in [9.17, 15) is 4.79 Å². The molecule has 0 unspecified atom stereocenters. The minimum Gasteiger partial charge on any atom is -0.445 e. The van der Waals surface area contributed by atoms with Crippen molar-refractivity contribution in [1.82, 2.24) is 10.8 Å². The first-order valence-corrected chi connectivity index (χ1v) is 7.02. The fourth-order valence-electron chi connectivity index (χ4n) is 2.00. The summed E-state index contributed by atoms with van der Waals surface area (Å²) in [7, 11) is 0. The average molecular weight is 278 g/mol. The lowest BCUT2D eigenvalue weighted by atomic mass is 9.87. The van der Waals surface area contributed by atoms with Gasteiger partial charge in [0.15, 0.2) is 0 Å². The molecular weight excluding hydrogens is 256 g/mol. The molecule has 1 aromatic carbocycles. The Morgan fingerprint density at radius 1 is 1.25 bits per heavy atom. The van der Waals surface area contributed by atoms with Crippen molar-refractivity contribution in [3.05, 3.63) is 35.9 Å². The molecule has 1 amide bonds. The van der Waals surface area contributed by atoms with Gasteiger partial charge in [-0.15, -0.1) is 0 Å². The van der Waals surface area contributed by atoms with Crippen LogP contribution in [0.5, 0.6) is 0 Å². The number of benzene rings is 1. The van der Waals surface area contributed by atoms with Crippen LogP contribution in [0.1, 0.15) is 32.3 Å². The number of hydrogen-bond acceptors (Lipinski definition) is 4. The highest BCUT2D eigenvalue weighted by atomic mass is 16.7. The van der Waals surface area contributed by atoms with Gasteiger partial charge in [0.1, 0.15) is 6.61 Å². The molecule has 0 bridgehead atoms. The third-order valence-electron chi connectivity index (χ3n) is 3.14. The van der Waals surface area contributed by atoms with Crippen molar-refractivity contribution in [3.63, 3.8) is 0 Å². The van der Waals surface area contributed by atoms with Crippen LogP contribution in [-0.2, 0) is 16.2 Å². The Morgan fingerprint density at radius 2 is 1.95 bits per heavy atom. The van der Waals surface area contributed by atoms with Crippen LogP contribution in [0.3, 0.4) is 0 Å². The minimum absolute atomic E-state index is 0.165. The van der Waals surface area contributed by atoms with E-state index in [0.29, 0.717) is 12.6 Å². The zero-order chi connectivity index (χ0) is 14.4. The van der Waals surface area contributed by atoms with E-state index < -0.39 is 0 Å². The topological polar surface area (TPSA) is 59.6 Å². The standard InChI is InChI=1S/C15H22N2O3/c1-11(2)20-17-14-8-13(9-14)16-15(18)19-10-12-6-4-3-5-7-12/h3-7,11,13-14,17H,8-10H2,1-2H3,(H,16,18). The maximum Gasteiger partial charge on any atom is 0.407 e. The molecule has 1 aliphatic rings. The highest BCUT2D eigenvalue weighted by Crippen LogP contribution is 2.20. The van der Waals surface area contributed by atoms with Gasteiger partial charge in [-0.1, -0.05) is 30.3 Å². The van der Waals surface area contributed by atoms with Gasteiger partial charge in [0.25, 0.3) is 0 Å². The largest absolute Gasteiger partial charge is 0.445 e. The van der Waals surface area contributed by atoms with E-state index >= 15 is 0 Å². The van der Waals surface area contributed by atoms with Crippen molar-refractivity contribution in [2.24, 2.45) is 0 Å². The molecule has 1 fully saturated rings. The SMILES string of the molecule is CC(C)ONC1CC(NC(=O)OCc2ccccc2)C1. The van der Waals surface area contributed by atoms with E-state index in [0.717, 1.165) is 18.4 Å². The lowest BCUT2D eigenvalue weighted by Crippen LogP contribution is -2.52. The van der Waals surface area contributed by atoms with E-state index in [1.807, 2.05) is 44.2 Å². The molecule has 0 spiro atoms. The first-order chi connectivity index (χ1) is 9.63. The monoisotopic (exact) mass is 278 g/mol. The Balaban J connectivity index is 1.58. The van der Waals surface area contributed by atoms with Crippen LogP contribution in [0.25, 0.3) is 0 Å². The Labute approximate surface area is 119 Å². The second-order valence-electron chi connectivity index (χ2n) is 5.36. The van der Waals surface area contributed by atoms with E-state index in [-0.39, 0.29) is 18.2 Å². The van der Waals surface area contributed by atoms with Gasteiger partial charge in [-0.25, -0.2) is 4.79 Å². The molecule has 1 saturated carbocycles. The summed E-state index contributed by atoms with van der Waals surface area (Å²) < 4.78 is 5.17. The van der Waals surface area contributed by atoms with Crippen LogP contribution in [0.15, 0.2) is 30.3 Å². The number of alkyl carbamates (subject to hydrolysis) is 1. The summed E-state index contributed by atoms with van der Waals surface area (Å²) in [5.74, 6) is 0. The van der Waals surface area contributed by atoms with Crippen LogP contribution >= 0.6 is 0 Å². The molecule has 1 aromatic rings. The van der Waals surface area contributed by atoms with E-state index in [1.54, 1.807) is 0 Å². The van der Waals surface area contributed by atoms with E-state index in [2.05, 4.69) is 10.8 Å². The van der Waals surface area contributed by atoms with Crippen molar-refractivity contribution < 1.29 is 14.4 Å². The van der Waals surface area contributed by atoms with Gasteiger partial charge < -0.3 is 10.1 Å². The smallest absolute Gasteiger partial charge is 0.407 e. The molecular formula is C15H22N2O3. The van der Waals surface area contributed by atoms with Gasteiger partial charge in [-0.3, -0.25) is 4.84 Å². The third-order valence-corrected chi connectivity index (χ3v) is 3.14. The van der Waals surface area contributed by atoms with Crippen molar-refractivity contribution in [3.8, 4) is 0 Å². The lowest BCUT2D eigenvalue weighted by Gasteiger charge is -2.35. The maximum absolute atomic E-state index is 11.6. The fraction of sp³-hybridized carbons (Fsp3) is 0.533. The number of nitrogens with one attached hydrogen (secondary N) is 2. The molecule has 0 radical (unpaired) electrons. The molecule has 110 valence electrons. The van der Waals surface area contributed by atoms with Gasteiger partial charge in [0, 0.05) is 12.1 Å². The van der Waals surface area contributed by atoms with E-state index in [4.69, 9.17) is 9.57 Å². The summed E-state index contributed by atoms with van der Waals surface area (Å²) in [6, 6.07) is 10.1. The molecule has 2 rings (SSSR count). The number of carbonyl (C=O) groups is 1. The minimum atomic E-state index is -0.359. The van der Waals surface area contributed by atoms with Gasteiger partial charge >= 0.3 is 6.09 Å². The molecule has 1 aliphatic carbocycles. The molecule has 0 atom stereocenters. The fourth-order valence-corrected chi connectivity index (χ4v) is 2.00. The number of rotatable bonds is 6. The summed E-state index contributed by atoms with van der Waals surface area (Å²) in [6.45, 7) is 4.25. The van der Waals surface area contributed by atoms with Gasteiger partial charge in [-0.2, -0.15) is 5.48 Å². The van der Waals surface area contributed by atoms with Crippen molar-refractivity contribution >= 4 is 6.09 Å². The molecule has 2 N–H and O–H groups in total. The molecule has 20 heavy (non-hydrogen) atoms. The van der Waals surface area contributed by atoms with E-state index in [1.165, 1.54) is 0 Å². The number of ether oxygens (including phenoxy) is 1. The first kappa shape index (κ1) is 14.8. The van der Waals surface area contributed by atoms with Crippen molar-refractivity contribution in [2.75, 3.05) is 0 Å². The van der Waals surface area contributed by atoms with Crippen LogP contribution in [0, 0.1) is 0 Å². The lowest BCUT2D eigenvalue weighted by molar-refractivity contribution is -0.0470. The predicted molar refractivity (Wildman–Crippen MR) is 75.9 cm³/mol. The molecule has 5 nitrogen and oxygen atoms in total. The highest BCUT2D eigenvalue weighted by Gasteiger charge is 2.30. The summed E-state index contributed by atoms with van der Waals surface area (Å²) >= 11 is 0. The zero-order valence-corrected chi connectivity index (χ0v) is 12.0. The predicted octanol–water partition coefficient (Wildman–Crippen LogP) is 2.37. The van der Waals surface area contributed by atoms with Crippen LogP contribution < -0.4 is 10.8 Å². The molecule has 0 aromatic heterocycles. The second kappa shape index (κ2) is 7.26. The summed E-state index contributed by atoms with van der Waals surface area (Å²) in [5.41, 5.74) is 3.97. The maximum atomic E-state index is 11.6. The number of amides is 1. The molecule has 0 saturated heterocycles. The average Bonchev–Trinajstić information content (AvgIpc) is 2.39. The Bertz CT molecular complexity index is 416. The van der Waals surface area contributed by atoms with Crippen LogP contribution in [0.2, 0.25) is 0 Å². The van der Waals surface area contributed by atoms with Crippen molar-refractivity contribution in [1.29, 1.82) is 0 Å². The van der Waals surface area contributed by atoms with Gasteiger partial charge in [0.2, 0.25) is 0 Å². The van der Waals surface area contributed by atoms with Gasteiger partial charge in [-0.05, 0) is 32.3 Å². The number of carbonyl (C=O) groups excluding carboxylic acids is 1. The normalized spacial score (nSPS) is 21.4. The molecule has 0 heterocycles. The van der Waals surface area contributed by atoms with Crippen LogP contribution in [-0.4, -0.2) is 24.3 Å². The third kappa shape index (κ3) is 4.83. The highest BCUT2D eigenvalue weighted by molar-refractivity contribution is 5.67. The summed E-state index contributed by atoms with van der Waals surface area (Å²) in [4.78, 5) is 16.9. The Kier molecular flexibility index (Phi) is 5.38. The quantitative estimate of drug-likeness (QED) is 0.784. The summed E-state index contributed by atoms with van der Waals surface area (Å²) in [5, 5.41) is 2.85. The molecule has 5 heteroatoms. The van der Waals surface area contributed by atoms with Gasteiger partial charge in [0.05, 0.1) is 6.10 Å². The first-order valence-electron chi connectivity index (χ1n) is 7.02. The Morgan fingerprint density at radius 3 is 2.60 bits per heavy atom. The van der Waals surface area contributed by atoms with Crippen molar-refractivity contribution in [2.45, 2.75) is 51.5 Å². The molecule has 0 aliphatic heterocycles. The second-order valence-corrected chi connectivity index (χ2v) is 5.36. The number of hydroxylamine groups is 1. The summed E-state index contributed by atoms with van der Waals surface area (Å²) in [6.07, 6.45) is 1.54. The zero-order valence-electron chi connectivity index (χ0n) is 12.0. The Hall–Kier alpha value is -1.59. The number of hydrogen-bond donors (Lipinski definition) is 2.